The molecule has 0 aromatic heterocycles. The first-order valence-corrected chi connectivity index (χ1v) is 6.78. The summed E-state index contributed by atoms with van der Waals surface area (Å²) in [6, 6.07) is 4.89. The molecule has 0 heterocycles. The number of rotatable bonds is 6. The van der Waals surface area contributed by atoms with Crippen LogP contribution in [0.15, 0.2) is 18.2 Å². The maximum absolute atomic E-state index is 10.7. The predicted molar refractivity (Wildman–Crippen MR) is 73.1 cm³/mol. The van der Waals surface area contributed by atoms with Crippen LogP contribution in [0.3, 0.4) is 0 Å². The van der Waals surface area contributed by atoms with E-state index in [1.807, 2.05) is 14.1 Å². The molecule has 1 rings (SSSR count). The molecule has 1 N–H and O–H groups in total. The first-order chi connectivity index (χ1) is 8.00. The number of benzene rings is 1. The van der Waals surface area contributed by atoms with E-state index in [9.17, 15) is 4.79 Å². The minimum absolute atomic E-state index is 0.233. The number of halogens is 1. The van der Waals surface area contributed by atoms with Crippen molar-refractivity contribution in [2.24, 2.45) is 0 Å². The largest absolute Gasteiger partial charge is 0.478 e. The second kappa shape index (κ2) is 6.89. The molecule has 1 aromatic carbocycles. The molecule has 0 aliphatic heterocycles. The monoisotopic (exact) mass is 273 g/mol. The van der Waals surface area contributed by atoms with Crippen molar-refractivity contribution in [3.05, 3.63) is 34.3 Å². The molecule has 3 nitrogen and oxygen atoms in total. The Bertz CT molecular complexity index is 396. The molecule has 0 unspecified atom stereocenters. The van der Waals surface area contributed by atoms with Crippen molar-refractivity contribution in [2.75, 3.05) is 26.4 Å². The molecule has 0 fully saturated rings. The van der Waals surface area contributed by atoms with Crippen molar-refractivity contribution in [2.45, 2.75) is 5.75 Å². The van der Waals surface area contributed by atoms with E-state index in [1.54, 1.807) is 23.9 Å². The summed E-state index contributed by atoms with van der Waals surface area (Å²) in [5.41, 5.74) is 1.22. The molecule has 5 heteroatoms. The molecule has 0 spiro atoms. The van der Waals surface area contributed by atoms with E-state index in [-0.39, 0.29) is 5.56 Å². The van der Waals surface area contributed by atoms with Crippen molar-refractivity contribution >= 4 is 29.3 Å². The summed E-state index contributed by atoms with van der Waals surface area (Å²) in [5, 5.41) is 9.34. The molecule has 1 aromatic rings. The number of thioether (sulfide) groups is 1. The average Bonchev–Trinajstić information content (AvgIpc) is 2.25. The molecular weight excluding hydrogens is 258 g/mol. The Hall–Kier alpha value is -0.710. The van der Waals surface area contributed by atoms with E-state index in [1.165, 1.54) is 6.07 Å². The van der Waals surface area contributed by atoms with Crippen LogP contribution in [0.5, 0.6) is 0 Å². The lowest BCUT2D eigenvalue weighted by Gasteiger charge is -2.09. The molecule has 17 heavy (non-hydrogen) atoms. The fourth-order valence-electron chi connectivity index (χ4n) is 1.23. The van der Waals surface area contributed by atoms with E-state index in [0.29, 0.717) is 5.02 Å². The molecule has 0 saturated heterocycles. The third-order valence-corrected chi connectivity index (χ3v) is 3.58. The van der Waals surface area contributed by atoms with Crippen LogP contribution in [-0.2, 0) is 5.75 Å². The van der Waals surface area contributed by atoms with Gasteiger partial charge in [-0.1, -0.05) is 17.7 Å². The Morgan fingerprint density at radius 2 is 2.18 bits per heavy atom. The van der Waals surface area contributed by atoms with Gasteiger partial charge in [0.2, 0.25) is 0 Å². The second-order valence-corrected chi connectivity index (χ2v) is 5.48. The standard InChI is InChI=1S/C12H16ClNO2S/c1-14(2)5-6-17-8-10-4-3-9(12(15)16)7-11(10)13/h3-4,7H,5-6,8H2,1-2H3,(H,15,16). The van der Waals surface area contributed by atoms with Gasteiger partial charge in [0.1, 0.15) is 0 Å². The summed E-state index contributed by atoms with van der Waals surface area (Å²) < 4.78 is 0. The van der Waals surface area contributed by atoms with Crippen LogP contribution in [0.4, 0.5) is 0 Å². The smallest absolute Gasteiger partial charge is 0.335 e. The van der Waals surface area contributed by atoms with Crippen LogP contribution in [-0.4, -0.2) is 42.4 Å². The van der Waals surface area contributed by atoms with E-state index in [4.69, 9.17) is 16.7 Å². The minimum atomic E-state index is -0.946. The van der Waals surface area contributed by atoms with Gasteiger partial charge in [0, 0.05) is 23.1 Å². The first-order valence-electron chi connectivity index (χ1n) is 5.25. The van der Waals surface area contributed by atoms with Crippen LogP contribution in [0.25, 0.3) is 0 Å². The lowest BCUT2D eigenvalue weighted by atomic mass is 10.1. The topological polar surface area (TPSA) is 40.5 Å². The summed E-state index contributed by atoms with van der Waals surface area (Å²) >= 11 is 7.82. The molecule has 0 atom stereocenters. The van der Waals surface area contributed by atoms with Gasteiger partial charge in [-0.05, 0) is 31.8 Å². The van der Waals surface area contributed by atoms with Gasteiger partial charge in [-0.15, -0.1) is 0 Å². The van der Waals surface area contributed by atoms with Gasteiger partial charge in [0.05, 0.1) is 5.56 Å². The van der Waals surface area contributed by atoms with Gasteiger partial charge >= 0.3 is 5.97 Å². The summed E-state index contributed by atoms with van der Waals surface area (Å²) in [4.78, 5) is 12.9. The SMILES string of the molecule is CN(C)CCSCc1ccc(C(=O)O)cc1Cl. The molecule has 0 saturated carbocycles. The third kappa shape index (κ3) is 4.98. The Labute approximate surface area is 111 Å². The molecular formula is C12H16ClNO2S. The average molecular weight is 274 g/mol. The second-order valence-electron chi connectivity index (χ2n) is 3.97. The van der Waals surface area contributed by atoms with Gasteiger partial charge in [-0.2, -0.15) is 11.8 Å². The summed E-state index contributed by atoms with van der Waals surface area (Å²) in [7, 11) is 4.07. The van der Waals surface area contributed by atoms with E-state index in [0.717, 1.165) is 23.6 Å². The molecule has 0 radical (unpaired) electrons. The van der Waals surface area contributed by atoms with Gasteiger partial charge in [-0.25, -0.2) is 4.79 Å². The third-order valence-electron chi connectivity index (χ3n) is 2.24. The van der Waals surface area contributed by atoms with Crippen molar-refractivity contribution < 1.29 is 9.90 Å². The zero-order valence-electron chi connectivity index (χ0n) is 9.94. The van der Waals surface area contributed by atoms with Crippen LogP contribution in [0, 0.1) is 0 Å². The van der Waals surface area contributed by atoms with Crippen LogP contribution < -0.4 is 0 Å². The maximum atomic E-state index is 10.7. The highest BCUT2D eigenvalue weighted by Gasteiger charge is 2.06. The number of carboxylic acids is 1. The molecule has 0 bridgehead atoms. The zero-order valence-corrected chi connectivity index (χ0v) is 11.5. The number of aromatic carboxylic acids is 1. The van der Waals surface area contributed by atoms with E-state index < -0.39 is 5.97 Å². The lowest BCUT2D eigenvalue weighted by molar-refractivity contribution is 0.0697. The number of carbonyl (C=O) groups is 1. The quantitative estimate of drug-likeness (QED) is 0.809. The van der Waals surface area contributed by atoms with Gasteiger partial charge in [-0.3, -0.25) is 0 Å². The van der Waals surface area contributed by atoms with Crippen LogP contribution >= 0.6 is 23.4 Å². The number of nitrogens with zero attached hydrogens (tertiary/aromatic N) is 1. The first kappa shape index (κ1) is 14.4. The highest BCUT2D eigenvalue weighted by atomic mass is 35.5. The van der Waals surface area contributed by atoms with Gasteiger partial charge < -0.3 is 10.0 Å². The fourth-order valence-corrected chi connectivity index (χ4v) is 2.66. The Balaban J connectivity index is 2.52. The zero-order chi connectivity index (χ0) is 12.8. The Morgan fingerprint density at radius 1 is 1.47 bits per heavy atom. The Morgan fingerprint density at radius 3 is 2.71 bits per heavy atom. The lowest BCUT2D eigenvalue weighted by Crippen LogP contribution is -2.14. The number of hydrogen-bond donors (Lipinski definition) is 1. The Kier molecular flexibility index (Phi) is 5.82. The minimum Gasteiger partial charge on any atom is -0.478 e. The van der Waals surface area contributed by atoms with Crippen LogP contribution in [0.2, 0.25) is 5.02 Å². The van der Waals surface area contributed by atoms with Crippen molar-refractivity contribution in [3.63, 3.8) is 0 Å². The molecule has 0 aliphatic carbocycles. The predicted octanol–water partition coefficient (Wildman–Crippen LogP) is 2.83. The normalized spacial score (nSPS) is 10.8. The molecule has 0 amide bonds. The van der Waals surface area contributed by atoms with Crippen LogP contribution in [0.1, 0.15) is 15.9 Å². The molecule has 94 valence electrons. The summed E-state index contributed by atoms with van der Waals surface area (Å²) in [5.74, 6) is 0.898. The van der Waals surface area contributed by atoms with Gasteiger partial charge in [0.15, 0.2) is 0 Å². The number of carboxylic acid groups (broad SMARTS) is 1. The van der Waals surface area contributed by atoms with Gasteiger partial charge in [0.25, 0.3) is 0 Å². The fraction of sp³-hybridized carbons (Fsp3) is 0.417. The highest BCUT2D eigenvalue weighted by molar-refractivity contribution is 7.98. The van der Waals surface area contributed by atoms with Crippen molar-refractivity contribution in [3.8, 4) is 0 Å². The summed E-state index contributed by atoms with van der Waals surface area (Å²) in [6.07, 6.45) is 0. The maximum Gasteiger partial charge on any atom is 0.335 e. The number of hydrogen-bond acceptors (Lipinski definition) is 3. The molecule has 0 aliphatic rings. The van der Waals surface area contributed by atoms with E-state index >= 15 is 0 Å². The highest BCUT2D eigenvalue weighted by Crippen LogP contribution is 2.22. The summed E-state index contributed by atoms with van der Waals surface area (Å²) in [6.45, 7) is 1.02. The van der Waals surface area contributed by atoms with E-state index in [2.05, 4.69) is 4.90 Å². The van der Waals surface area contributed by atoms with Crippen molar-refractivity contribution in [1.82, 2.24) is 4.90 Å². The van der Waals surface area contributed by atoms with Crippen molar-refractivity contribution in [1.29, 1.82) is 0 Å².